The summed E-state index contributed by atoms with van der Waals surface area (Å²) < 4.78 is 0. The smallest absolute Gasteiger partial charge is 0.00804 e. The molecule has 0 aromatic rings. The lowest BCUT2D eigenvalue weighted by Crippen LogP contribution is -2.01. The number of hydrogen-bond acceptors (Lipinski definition) is 2. The summed E-state index contributed by atoms with van der Waals surface area (Å²) in [4.78, 5) is 0. The van der Waals surface area contributed by atoms with Gasteiger partial charge in [0.2, 0.25) is 0 Å². The maximum Gasteiger partial charge on any atom is -0.00804 e. The van der Waals surface area contributed by atoms with Gasteiger partial charge in [-0.05, 0) is 20.1 Å². The van der Waals surface area contributed by atoms with Gasteiger partial charge in [-0.2, -0.15) is 0 Å². The average molecular weight is 104 g/mol. The Balaban J connectivity index is 0. The van der Waals surface area contributed by atoms with Gasteiger partial charge in [-0.3, -0.25) is 0 Å². The molecular formula is C5H16N2. The Morgan fingerprint density at radius 1 is 1.43 bits per heavy atom. The third-order valence-corrected chi connectivity index (χ3v) is 0.354. The van der Waals surface area contributed by atoms with Gasteiger partial charge in [0, 0.05) is 0 Å². The number of nitrogens with two attached hydrogens (primary N) is 1. The Kier molecular flexibility index (Phi) is 24.1. The molecule has 2 heteroatoms. The summed E-state index contributed by atoms with van der Waals surface area (Å²) in [7, 11) is 1.93. The predicted octanol–water partition coefficient (Wildman–Crippen LogP) is 0.191. The highest BCUT2D eigenvalue weighted by molar-refractivity contribution is 4.15. The van der Waals surface area contributed by atoms with Gasteiger partial charge in [-0.25, -0.2) is 0 Å². The fourth-order valence-electron chi connectivity index (χ4n) is 0. The summed E-state index contributed by atoms with van der Waals surface area (Å²) in [6.07, 6.45) is 0. The van der Waals surface area contributed by atoms with Crippen molar-refractivity contribution in [3.05, 3.63) is 0 Å². The Bertz CT molecular complexity index is 13.6. The third kappa shape index (κ3) is 107. The van der Waals surface area contributed by atoms with Crippen LogP contribution in [0.1, 0.15) is 13.8 Å². The van der Waals surface area contributed by atoms with Crippen molar-refractivity contribution >= 4 is 0 Å². The third-order valence-electron chi connectivity index (χ3n) is 0.354. The summed E-state index contributed by atoms with van der Waals surface area (Å²) in [5.41, 5.74) is 4.85. The summed E-state index contributed by atoms with van der Waals surface area (Å²) in [5.74, 6) is 0. The molecule has 7 heavy (non-hydrogen) atoms. The van der Waals surface area contributed by atoms with E-state index in [2.05, 4.69) is 12.2 Å². The highest BCUT2D eigenvalue weighted by Crippen LogP contribution is 1.34. The van der Waals surface area contributed by atoms with Crippen LogP contribution in [0, 0.1) is 0 Å². The van der Waals surface area contributed by atoms with Gasteiger partial charge in [0.05, 0.1) is 0 Å². The molecule has 3 N–H and O–H groups in total. The van der Waals surface area contributed by atoms with Gasteiger partial charge in [-0.1, -0.05) is 13.8 Å². The summed E-state index contributed by atoms with van der Waals surface area (Å²) >= 11 is 0. The Labute approximate surface area is 46.1 Å². The summed E-state index contributed by atoms with van der Waals surface area (Å²) in [5, 5.41) is 2.93. The van der Waals surface area contributed by atoms with E-state index in [1.54, 1.807) is 0 Å². The van der Waals surface area contributed by atoms with Gasteiger partial charge >= 0.3 is 0 Å². The molecular weight excluding hydrogens is 88.1 g/mol. The Morgan fingerprint density at radius 2 is 1.57 bits per heavy atom. The van der Waals surface area contributed by atoms with Crippen molar-refractivity contribution in [1.29, 1.82) is 0 Å². The van der Waals surface area contributed by atoms with Crippen molar-refractivity contribution in [3.63, 3.8) is 0 Å². The first kappa shape index (κ1) is 10.0. The number of hydrogen-bond donors (Lipinski definition) is 2. The van der Waals surface area contributed by atoms with Crippen molar-refractivity contribution in [1.82, 2.24) is 5.32 Å². The molecule has 0 amide bonds. The molecule has 0 radical (unpaired) electrons. The SMILES string of the molecule is CCN.CCNC. The lowest BCUT2D eigenvalue weighted by Gasteiger charge is -1.76. The van der Waals surface area contributed by atoms with Crippen molar-refractivity contribution in [2.75, 3.05) is 20.1 Å². The second-order valence-corrected chi connectivity index (χ2v) is 1.12. The zero-order valence-corrected chi connectivity index (χ0v) is 5.49. The molecule has 0 saturated heterocycles. The monoisotopic (exact) mass is 104 g/mol. The topological polar surface area (TPSA) is 38.0 Å². The second kappa shape index (κ2) is 16.8. The molecule has 0 rings (SSSR count). The van der Waals surface area contributed by atoms with Gasteiger partial charge < -0.3 is 11.1 Å². The van der Waals surface area contributed by atoms with Gasteiger partial charge in [0.1, 0.15) is 0 Å². The van der Waals surface area contributed by atoms with Crippen LogP contribution in [0.4, 0.5) is 0 Å². The fourth-order valence-corrected chi connectivity index (χ4v) is 0. The normalized spacial score (nSPS) is 6.86. The predicted molar refractivity (Wildman–Crippen MR) is 34.3 cm³/mol. The minimum atomic E-state index is 0.750. The molecule has 0 saturated carbocycles. The van der Waals surface area contributed by atoms with Crippen LogP contribution in [0.15, 0.2) is 0 Å². The lowest BCUT2D eigenvalue weighted by atomic mass is 10.8. The van der Waals surface area contributed by atoms with Crippen LogP contribution < -0.4 is 11.1 Å². The molecule has 0 aromatic carbocycles. The van der Waals surface area contributed by atoms with E-state index in [4.69, 9.17) is 5.73 Å². The zero-order chi connectivity index (χ0) is 6.12. The van der Waals surface area contributed by atoms with Crippen LogP contribution in [0.2, 0.25) is 0 Å². The lowest BCUT2D eigenvalue weighted by molar-refractivity contribution is 0.864. The van der Waals surface area contributed by atoms with Crippen molar-refractivity contribution in [2.24, 2.45) is 5.73 Å². The first-order chi connectivity index (χ1) is 3.33. The first-order valence-corrected chi connectivity index (χ1v) is 2.68. The molecule has 0 heterocycles. The van der Waals surface area contributed by atoms with E-state index in [9.17, 15) is 0 Å². The van der Waals surface area contributed by atoms with Gasteiger partial charge in [-0.15, -0.1) is 0 Å². The molecule has 0 aromatic heterocycles. The minimum Gasteiger partial charge on any atom is -0.331 e. The first-order valence-electron chi connectivity index (χ1n) is 2.68. The van der Waals surface area contributed by atoms with E-state index in [0.717, 1.165) is 13.1 Å². The van der Waals surface area contributed by atoms with Crippen molar-refractivity contribution in [3.8, 4) is 0 Å². The zero-order valence-electron chi connectivity index (χ0n) is 5.49. The summed E-state index contributed by atoms with van der Waals surface area (Å²) in [6.45, 7) is 5.79. The number of rotatable bonds is 1. The molecule has 0 aliphatic rings. The average Bonchev–Trinajstić information content (AvgIpc) is 1.69. The van der Waals surface area contributed by atoms with E-state index in [0.29, 0.717) is 0 Å². The van der Waals surface area contributed by atoms with E-state index >= 15 is 0 Å². The van der Waals surface area contributed by atoms with Crippen molar-refractivity contribution in [2.45, 2.75) is 13.8 Å². The molecule has 0 aliphatic heterocycles. The summed E-state index contributed by atoms with van der Waals surface area (Å²) in [6, 6.07) is 0. The van der Waals surface area contributed by atoms with E-state index < -0.39 is 0 Å². The highest BCUT2D eigenvalue weighted by atomic mass is 14.8. The molecule has 0 spiro atoms. The van der Waals surface area contributed by atoms with Crippen molar-refractivity contribution < 1.29 is 0 Å². The quantitative estimate of drug-likeness (QED) is 0.498. The maximum absolute atomic E-state index is 4.85. The second-order valence-electron chi connectivity index (χ2n) is 1.12. The van der Waals surface area contributed by atoms with Crippen LogP contribution in [0.25, 0.3) is 0 Å². The van der Waals surface area contributed by atoms with E-state index in [-0.39, 0.29) is 0 Å². The molecule has 0 aliphatic carbocycles. The fraction of sp³-hybridized carbons (Fsp3) is 1.00. The molecule has 0 unspecified atom stereocenters. The maximum atomic E-state index is 4.85. The van der Waals surface area contributed by atoms with Crippen LogP contribution in [0.3, 0.4) is 0 Å². The largest absolute Gasteiger partial charge is 0.331 e. The van der Waals surface area contributed by atoms with Crippen LogP contribution in [-0.4, -0.2) is 20.1 Å². The van der Waals surface area contributed by atoms with E-state index in [1.165, 1.54) is 0 Å². The van der Waals surface area contributed by atoms with E-state index in [1.807, 2.05) is 14.0 Å². The van der Waals surface area contributed by atoms with Gasteiger partial charge in [0.25, 0.3) is 0 Å². The molecule has 0 atom stereocenters. The number of nitrogens with one attached hydrogen (secondary N) is 1. The Morgan fingerprint density at radius 3 is 1.57 bits per heavy atom. The minimum absolute atomic E-state index is 0.750. The standard InChI is InChI=1S/C3H9N.C2H7N/c1-3-4-2;1-2-3/h4H,3H2,1-2H3;2-3H2,1H3. The van der Waals surface area contributed by atoms with Gasteiger partial charge in [0.15, 0.2) is 0 Å². The van der Waals surface area contributed by atoms with Crippen LogP contribution >= 0.6 is 0 Å². The Hall–Kier alpha value is -0.0800. The highest BCUT2D eigenvalue weighted by Gasteiger charge is 1.50. The molecule has 46 valence electrons. The van der Waals surface area contributed by atoms with Crippen LogP contribution in [0.5, 0.6) is 0 Å². The molecule has 2 nitrogen and oxygen atoms in total. The molecule has 0 fully saturated rings. The van der Waals surface area contributed by atoms with Crippen LogP contribution in [-0.2, 0) is 0 Å². The molecule has 0 bridgehead atoms.